The Labute approximate surface area is 107 Å². The molecule has 0 bridgehead atoms. The molecule has 0 amide bonds. The van der Waals surface area contributed by atoms with E-state index in [1.165, 1.54) is 0 Å². The molecule has 2 heterocycles. The third-order valence-electron chi connectivity index (χ3n) is 2.66. The van der Waals surface area contributed by atoms with E-state index in [2.05, 4.69) is 29.0 Å². The SMILES string of the molecule is CC(C)Cn1ncnc1Cn1cc(CCN)cn1. The summed E-state index contributed by atoms with van der Waals surface area (Å²) >= 11 is 0. The molecule has 0 spiro atoms. The maximum absolute atomic E-state index is 5.52. The van der Waals surface area contributed by atoms with E-state index in [1.807, 2.05) is 21.8 Å². The standard InChI is InChI=1S/C12H20N6/c1-10(2)6-18-12(14-9-16-18)8-17-7-11(3-4-13)5-15-17/h5,7,9-10H,3-4,6,8,13H2,1-2H3. The van der Waals surface area contributed by atoms with Crippen molar-refractivity contribution in [2.45, 2.75) is 33.4 Å². The number of rotatable bonds is 6. The van der Waals surface area contributed by atoms with Crippen molar-refractivity contribution in [1.82, 2.24) is 24.5 Å². The minimum absolute atomic E-state index is 0.552. The molecule has 0 aliphatic heterocycles. The maximum atomic E-state index is 5.52. The summed E-state index contributed by atoms with van der Waals surface area (Å²) in [4.78, 5) is 4.29. The van der Waals surface area contributed by atoms with Crippen molar-refractivity contribution in [3.63, 3.8) is 0 Å². The molecule has 0 saturated heterocycles. The van der Waals surface area contributed by atoms with Crippen LogP contribution >= 0.6 is 0 Å². The third kappa shape index (κ3) is 3.16. The van der Waals surface area contributed by atoms with Gasteiger partial charge in [-0.3, -0.25) is 4.68 Å². The molecule has 0 aromatic carbocycles. The van der Waals surface area contributed by atoms with Crippen molar-refractivity contribution in [3.05, 3.63) is 30.1 Å². The summed E-state index contributed by atoms with van der Waals surface area (Å²) in [6, 6.07) is 0. The van der Waals surface area contributed by atoms with Gasteiger partial charge in [0.1, 0.15) is 18.7 Å². The van der Waals surface area contributed by atoms with E-state index in [0.29, 0.717) is 19.0 Å². The minimum atomic E-state index is 0.552. The van der Waals surface area contributed by atoms with E-state index in [9.17, 15) is 0 Å². The molecule has 0 atom stereocenters. The second kappa shape index (κ2) is 5.77. The molecule has 2 aromatic rings. The molecular formula is C12H20N6. The summed E-state index contributed by atoms with van der Waals surface area (Å²) in [6.07, 6.45) is 6.33. The first kappa shape index (κ1) is 12.8. The Balaban J connectivity index is 2.06. The number of nitrogens with zero attached hydrogens (tertiary/aromatic N) is 5. The van der Waals surface area contributed by atoms with Gasteiger partial charge in [-0.05, 0) is 24.4 Å². The topological polar surface area (TPSA) is 74.5 Å². The van der Waals surface area contributed by atoms with Gasteiger partial charge in [0.05, 0.1) is 6.20 Å². The van der Waals surface area contributed by atoms with E-state index in [-0.39, 0.29) is 0 Å². The van der Waals surface area contributed by atoms with Crippen molar-refractivity contribution < 1.29 is 0 Å². The minimum Gasteiger partial charge on any atom is -0.330 e. The Morgan fingerprint density at radius 3 is 2.89 bits per heavy atom. The summed E-state index contributed by atoms with van der Waals surface area (Å²) in [7, 11) is 0. The average Bonchev–Trinajstić information content (AvgIpc) is 2.90. The normalized spacial score (nSPS) is 11.3. The first-order valence-electron chi connectivity index (χ1n) is 6.27. The van der Waals surface area contributed by atoms with E-state index in [4.69, 9.17) is 5.73 Å². The summed E-state index contributed by atoms with van der Waals surface area (Å²) in [6.45, 7) is 6.51. The van der Waals surface area contributed by atoms with Crippen LogP contribution in [-0.4, -0.2) is 31.1 Å². The highest BCUT2D eigenvalue weighted by atomic mass is 15.4. The number of aromatic nitrogens is 5. The van der Waals surface area contributed by atoms with Gasteiger partial charge in [0.25, 0.3) is 0 Å². The van der Waals surface area contributed by atoms with Gasteiger partial charge < -0.3 is 5.73 Å². The fraction of sp³-hybridized carbons (Fsp3) is 0.583. The molecule has 18 heavy (non-hydrogen) atoms. The Morgan fingerprint density at radius 1 is 1.33 bits per heavy atom. The number of hydrogen-bond donors (Lipinski definition) is 1. The second-order valence-corrected chi connectivity index (χ2v) is 4.84. The first-order chi connectivity index (χ1) is 8.69. The van der Waals surface area contributed by atoms with Crippen LogP contribution < -0.4 is 5.73 Å². The first-order valence-corrected chi connectivity index (χ1v) is 6.27. The van der Waals surface area contributed by atoms with Crippen LogP contribution in [0.5, 0.6) is 0 Å². The van der Waals surface area contributed by atoms with E-state index >= 15 is 0 Å². The Bertz CT molecular complexity index is 484. The van der Waals surface area contributed by atoms with Gasteiger partial charge in [-0.15, -0.1) is 0 Å². The third-order valence-corrected chi connectivity index (χ3v) is 2.66. The molecule has 0 aliphatic carbocycles. The molecule has 0 unspecified atom stereocenters. The summed E-state index contributed by atoms with van der Waals surface area (Å²) < 4.78 is 3.82. The van der Waals surface area contributed by atoms with Crippen LogP contribution in [0.15, 0.2) is 18.7 Å². The largest absolute Gasteiger partial charge is 0.330 e. The van der Waals surface area contributed by atoms with Crippen molar-refractivity contribution in [1.29, 1.82) is 0 Å². The van der Waals surface area contributed by atoms with Crippen LogP contribution in [0.3, 0.4) is 0 Å². The quantitative estimate of drug-likeness (QED) is 0.815. The smallest absolute Gasteiger partial charge is 0.148 e. The van der Waals surface area contributed by atoms with Gasteiger partial charge in [-0.25, -0.2) is 9.67 Å². The van der Waals surface area contributed by atoms with Gasteiger partial charge in [-0.2, -0.15) is 10.2 Å². The van der Waals surface area contributed by atoms with E-state index in [0.717, 1.165) is 24.4 Å². The molecule has 0 fully saturated rings. The van der Waals surface area contributed by atoms with Gasteiger partial charge in [0.15, 0.2) is 0 Å². The summed E-state index contributed by atoms with van der Waals surface area (Å²) in [5, 5.41) is 8.55. The van der Waals surface area contributed by atoms with Crippen LogP contribution in [0, 0.1) is 5.92 Å². The molecule has 2 aromatic heterocycles. The monoisotopic (exact) mass is 248 g/mol. The molecule has 0 saturated carbocycles. The predicted molar refractivity (Wildman–Crippen MR) is 68.9 cm³/mol. The average molecular weight is 248 g/mol. The van der Waals surface area contributed by atoms with Crippen molar-refractivity contribution in [2.24, 2.45) is 11.7 Å². The Hall–Kier alpha value is -1.69. The van der Waals surface area contributed by atoms with Crippen LogP contribution in [0.2, 0.25) is 0 Å². The van der Waals surface area contributed by atoms with Crippen LogP contribution in [0.25, 0.3) is 0 Å². The van der Waals surface area contributed by atoms with Crippen molar-refractivity contribution >= 4 is 0 Å². The molecule has 0 radical (unpaired) electrons. The number of nitrogens with two attached hydrogens (primary N) is 1. The van der Waals surface area contributed by atoms with Crippen LogP contribution in [-0.2, 0) is 19.5 Å². The van der Waals surface area contributed by atoms with Gasteiger partial charge in [-0.1, -0.05) is 13.8 Å². The summed E-state index contributed by atoms with van der Waals surface area (Å²) in [5.74, 6) is 1.49. The van der Waals surface area contributed by atoms with Crippen LogP contribution in [0.1, 0.15) is 25.2 Å². The molecule has 6 nitrogen and oxygen atoms in total. The molecule has 2 N–H and O–H groups in total. The lowest BCUT2D eigenvalue weighted by Gasteiger charge is -2.08. The van der Waals surface area contributed by atoms with Crippen molar-refractivity contribution in [2.75, 3.05) is 6.54 Å². The zero-order valence-electron chi connectivity index (χ0n) is 11.0. The molecule has 0 aliphatic rings. The zero-order valence-corrected chi connectivity index (χ0v) is 11.0. The molecule has 6 heteroatoms. The predicted octanol–water partition coefficient (Wildman–Crippen LogP) is 0.680. The highest BCUT2D eigenvalue weighted by molar-refractivity contribution is 5.05. The molecule has 98 valence electrons. The fourth-order valence-corrected chi connectivity index (χ4v) is 1.84. The van der Waals surface area contributed by atoms with Crippen LogP contribution in [0.4, 0.5) is 0 Å². The second-order valence-electron chi connectivity index (χ2n) is 4.84. The Kier molecular flexibility index (Phi) is 4.09. The lowest BCUT2D eigenvalue weighted by atomic mass is 10.2. The van der Waals surface area contributed by atoms with Gasteiger partial charge in [0.2, 0.25) is 0 Å². The fourth-order valence-electron chi connectivity index (χ4n) is 1.84. The number of hydrogen-bond acceptors (Lipinski definition) is 4. The van der Waals surface area contributed by atoms with E-state index < -0.39 is 0 Å². The van der Waals surface area contributed by atoms with Gasteiger partial charge >= 0.3 is 0 Å². The lowest BCUT2D eigenvalue weighted by Crippen LogP contribution is -2.13. The molecular weight excluding hydrogens is 228 g/mol. The highest BCUT2D eigenvalue weighted by Crippen LogP contribution is 2.04. The van der Waals surface area contributed by atoms with Crippen molar-refractivity contribution in [3.8, 4) is 0 Å². The highest BCUT2D eigenvalue weighted by Gasteiger charge is 2.07. The van der Waals surface area contributed by atoms with Gasteiger partial charge in [0, 0.05) is 12.7 Å². The lowest BCUT2D eigenvalue weighted by molar-refractivity contribution is 0.456. The summed E-state index contributed by atoms with van der Waals surface area (Å²) in [5.41, 5.74) is 6.68. The molecule has 2 rings (SSSR count). The Morgan fingerprint density at radius 2 is 2.17 bits per heavy atom. The maximum Gasteiger partial charge on any atom is 0.148 e. The van der Waals surface area contributed by atoms with E-state index in [1.54, 1.807) is 6.33 Å². The zero-order chi connectivity index (χ0) is 13.0.